The van der Waals surface area contributed by atoms with Crippen LogP contribution in [0.25, 0.3) is 5.69 Å². The van der Waals surface area contributed by atoms with Gasteiger partial charge < -0.3 is 14.4 Å². The standard InChI is InChI=1S/C23H21Br2N3O4/c1-4-32-23(31)15-5-7-18(8-6-15)28-13(2)9-17(14(28)3)12-26-27-22(30)16-10-19(24)21(29)20(25)11-16/h5-12,29H,4H2,1-3H3,(H,27,30)/b26-12-. The molecule has 0 unspecified atom stereocenters. The number of aromatic hydroxyl groups is 1. The van der Waals surface area contributed by atoms with Crippen LogP contribution in [0.3, 0.4) is 0 Å². The van der Waals surface area contributed by atoms with Crippen molar-refractivity contribution >= 4 is 50.0 Å². The molecule has 32 heavy (non-hydrogen) atoms. The number of esters is 1. The van der Waals surface area contributed by atoms with Gasteiger partial charge in [-0.1, -0.05) is 0 Å². The minimum Gasteiger partial charge on any atom is -0.506 e. The van der Waals surface area contributed by atoms with Crippen LogP contribution in [0.15, 0.2) is 56.5 Å². The minimum atomic E-state index is -0.411. The number of phenolic OH excluding ortho intramolecular Hbond substituents is 1. The van der Waals surface area contributed by atoms with E-state index in [2.05, 4.69) is 42.4 Å². The van der Waals surface area contributed by atoms with Gasteiger partial charge in [0.1, 0.15) is 5.75 Å². The highest BCUT2D eigenvalue weighted by molar-refractivity contribution is 9.11. The number of aromatic nitrogens is 1. The fraction of sp³-hybridized carbons (Fsp3) is 0.174. The zero-order valence-electron chi connectivity index (χ0n) is 17.6. The maximum absolute atomic E-state index is 12.4. The number of halogens is 2. The number of hydrogen-bond acceptors (Lipinski definition) is 5. The Bertz CT molecular complexity index is 1180. The average Bonchev–Trinajstić information content (AvgIpc) is 3.04. The lowest BCUT2D eigenvalue weighted by atomic mass is 10.2. The molecule has 0 radical (unpaired) electrons. The monoisotopic (exact) mass is 561 g/mol. The highest BCUT2D eigenvalue weighted by atomic mass is 79.9. The summed E-state index contributed by atoms with van der Waals surface area (Å²) in [4.78, 5) is 24.2. The third kappa shape index (κ3) is 5.11. The van der Waals surface area contributed by atoms with Gasteiger partial charge in [-0.2, -0.15) is 5.10 Å². The highest BCUT2D eigenvalue weighted by Crippen LogP contribution is 2.33. The number of nitrogens with zero attached hydrogens (tertiary/aromatic N) is 2. The summed E-state index contributed by atoms with van der Waals surface area (Å²) in [5.41, 5.74) is 6.97. The molecule has 0 bridgehead atoms. The predicted octanol–water partition coefficient (Wildman–Crippen LogP) is 5.27. The molecule has 2 N–H and O–H groups in total. The van der Waals surface area contributed by atoms with Gasteiger partial charge in [0.25, 0.3) is 5.91 Å². The normalized spacial score (nSPS) is 11.0. The molecule has 0 aliphatic heterocycles. The second kappa shape index (κ2) is 10.1. The lowest BCUT2D eigenvalue weighted by Gasteiger charge is -2.10. The number of carbonyl (C=O) groups excluding carboxylic acids is 2. The van der Waals surface area contributed by atoms with Gasteiger partial charge in [0.05, 0.1) is 27.3 Å². The summed E-state index contributed by atoms with van der Waals surface area (Å²) >= 11 is 6.41. The third-order valence-electron chi connectivity index (χ3n) is 4.76. The van der Waals surface area contributed by atoms with Crippen LogP contribution in [0.5, 0.6) is 5.75 Å². The number of rotatable bonds is 6. The van der Waals surface area contributed by atoms with E-state index in [4.69, 9.17) is 4.74 Å². The summed E-state index contributed by atoms with van der Waals surface area (Å²) < 4.78 is 7.86. The van der Waals surface area contributed by atoms with Crippen LogP contribution in [0, 0.1) is 13.8 Å². The van der Waals surface area contributed by atoms with Crippen molar-refractivity contribution in [2.45, 2.75) is 20.8 Å². The van der Waals surface area contributed by atoms with Crippen LogP contribution in [-0.4, -0.2) is 34.4 Å². The number of carbonyl (C=O) groups is 2. The number of nitrogens with one attached hydrogen (secondary N) is 1. The Balaban J connectivity index is 1.77. The van der Waals surface area contributed by atoms with Crippen molar-refractivity contribution in [1.29, 1.82) is 0 Å². The molecule has 0 aliphatic rings. The van der Waals surface area contributed by atoms with E-state index < -0.39 is 5.91 Å². The number of amides is 1. The quantitative estimate of drug-likeness (QED) is 0.243. The molecule has 2 aromatic carbocycles. The lowest BCUT2D eigenvalue weighted by molar-refractivity contribution is 0.0526. The Morgan fingerprint density at radius 3 is 2.31 bits per heavy atom. The van der Waals surface area contributed by atoms with Gasteiger partial charge in [-0.3, -0.25) is 4.79 Å². The van der Waals surface area contributed by atoms with Crippen molar-refractivity contribution in [1.82, 2.24) is 9.99 Å². The van der Waals surface area contributed by atoms with E-state index in [-0.39, 0.29) is 11.7 Å². The number of ether oxygens (including phenoxy) is 1. The second-order valence-electron chi connectivity index (χ2n) is 6.92. The summed E-state index contributed by atoms with van der Waals surface area (Å²) in [5, 5.41) is 13.9. The van der Waals surface area contributed by atoms with Gasteiger partial charge in [-0.25, -0.2) is 10.2 Å². The summed E-state index contributed by atoms with van der Waals surface area (Å²) in [7, 11) is 0. The number of aryl methyl sites for hydroxylation is 1. The van der Waals surface area contributed by atoms with Gasteiger partial charge >= 0.3 is 5.97 Å². The summed E-state index contributed by atoms with van der Waals surface area (Å²) in [5.74, 6) is -0.741. The summed E-state index contributed by atoms with van der Waals surface area (Å²) in [6.45, 7) is 6.02. The third-order valence-corrected chi connectivity index (χ3v) is 5.96. The topological polar surface area (TPSA) is 92.9 Å². The van der Waals surface area contributed by atoms with Gasteiger partial charge in [0.15, 0.2) is 0 Å². The van der Waals surface area contributed by atoms with Crippen molar-refractivity contribution in [2.75, 3.05) is 6.61 Å². The number of hydrogen-bond donors (Lipinski definition) is 2. The largest absolute Gasteiger partial charge is 0.506 e. The molecule has 0 atom stereocenters. The van der Waals surface area contributed by atoms with Crippen LogP contribution in [0.2, 0.25) is 0 Å². The first-order chi connectivity index (χ1) is 15.2. The van der Waals surface area contributed by atoms with Gasteiger partial charge in [0, 0.05) is 28.2 Å². The van der Waals surface area contributed by atoms with Crippen LogP contribution in [0.4, 0.5) is 0 Å². The molecule has 3 aromatic rings. The molecule has 1 amide bonds. The molecule has 0 saturated carbocycles. The van der Waals surface area contributed by atoms with Crippen LogP contribution in [-0.2, 0) is 4.74 Å². The van der Waals surface area contributed by atoms with Gasteiger partial charge in [-0.05, 0) is 95.1 Å². The molecule has 3 rings (SSSR count). The Hall–Kier alpha value is -2.91. The fourth-order valence-corrected chi connectivity index (χ4v) is 4.38. The van der Waals surface area contributed by atoms with E-state index in [0.717, 1.165) is 22.6 Å². The van der Waals surface area contributed by atoms with Gasteiger partial charge in [0.2, 0.25) is 0 Å². The van der Waals surface area contributed by atoms with Crippen LogP contribution in [0.1, 0.15) is 44.6 Å². The highest BCUT2D eigenvalue weighted by Gasteiger charge is 2.13. The maximum atomic E-state index is 12.4. The van der Waals surface area contributed by atoms with E-state index >= 15 is 0 Å². The number of phenols is 1. The Kier molecular flexibility index (Phi) is 7.52. The average molecular weight is 563 g/mol. The molecule has 0 aliphatic carbocycles. The SMILES string of the molecule is CCOC(=O)c1ccc(-n2c(C)cc(/C=N\NC(=O)c3cc(Br)c(O)c(Br)c3)c2C)cc1. The van der Waals surface area contributed by atoms with E-state index in [9.17, 15) is 14.7 Å². The Morgan fingerprint density at radius 1 is 1.09 bits per heavy atom. The molecule has 0 spiro atoms. The summed E-state index contributed by atoms with van der Waals surface area (Å²) in [6, 6.07) is 12.2. The van der Waals surface area contributed by atoms with Crippen molar-refractivity contribution in [2.24, 2.45) is 5.10 Å². The van der Waals surface area contributed by atoms with Crippen molar-refractivity contribution in [3.05, 3.63) is 79.5 Å². The molecule has 0 saturated heterocycles. The molecule has 7 nitrogen and oxygen atoms in total. The fourth-order valence-electron chi connectivity index (χ4n) is 3.20. The maximum Gasteiger partial charge on any atom is 0.338 e. The molecule has 166 valence electrons. The lowest BCUT2D eigenvalue weighted by Crippen LogP contribution is -2.17. The van der Waals surface area contributed by atoms with Crippen molar-refractivity contribution in [3.63, 3.8) is 0 Å². The molecule has 1 aromatic heterocycles. The summed E-state index contributed by atoms with van der Waals surface area (Å²) in [6.07, 6.45) is 1.58. The molecular formula is C23H21Br2N3O4. The molecular weight excluding hydrogens is 542 g/mol. The van der Waals surface area contributed by atoms with E-state index in [0.29, 0.717) is 26.7 Å². The van der Waals surface area contributed by atoms with E-state index in [1.54, 1.807) is 25.3 Å². The first-order valence-electron chi connectivity index (χ1n) is 9.70. The van der Waals surface area contributed by atoms with E-state index in [1.807, 2.05) is 36.6 Å². The number of benzene rings is 2. The van der Waals surface area contributed by atoms with Crippen molar-refractivity contribution < 1.29 is 19.4 Å². The van der Waals surface area contributed by atoms with Crippen molar-refractivity contribution in [3.8, 4) is 11.4 Å². The number of hydrazone groups is 1. The minimum absolute atomic E-state index is 0.0211. The van der Waals surface area contributed by atoms with Gasteiger partial charge in [-0.15, -0.1) is 0 Å². The first kappa shape index (κ1) is 23.7. The molecule has 1 heterocycles. The van der Waals surface area contributed by atoms with E-state index in [1.165, 1.54) is 12.1 Å². The zero-order valence-corrected chi connectivity index (χ0v) is 20.8. The second-order valence-corrected chi connectivity index (χ2v) is 8.63. The predicted molar refractivity (Wildman–Crippen MR) is 130 cm³/mol. The Morgan fingerprint density at radius 2 is 1.72 bits per heavy atom. The molecule has 9 heteroatoms. The van der Waals surface area contributed by atoms with Crippen LogP contribution < -0.4 is 5.43 Å². The first-order valence-corrected chi connectivity index (χ1v) is 11.3. The molecule has 0 fully saturated rings. The zero-order chi connectivity index (χ0) is 23.4. The van der Waals surface area contributed by atoms with Crippen LogP contribution >= 0.6 is 31.9 Å². The smallest absolute Gasteiger partial charge is 0.338 e. The Labute approximate surface area is 202 Å².